The number of phenolic OH excluding ortho intramolecular Hbond substituents is 1. The van der Waals surface area contributed by atoms with Crippen LogP contribution in [0.3, 0.4) is 0 Å². The van der Waals surface area contributed by atoms with E-state index in [1.165, 1.54) is 18.2 Å². The van der Waals surface area contributed by atoms with E-state index in [-0.39, 0.29) is 17.9 Å². The van der Waals surface area contributed by atoms with Crippen LogP contribution in [0, 0.1) is 6.92 Å². The second-order valence-electron chi connectivity index (χ2n) is 5.86. The van der Waals surface area contributed by atoms with Crippen LogP contribution in [-0.2, 0) is 16.1 Å². The fraction of sp³-hybridized carbons (Fsp3) is 0.143. The van der Waals surface area contributed by atoms with Gasteiger partial charge in [-0.1, -0.05) is 18.2 Å². The predicted octanol–water partition coefficient (Wildman–Crippen LogP) is 3.57. The third-order valence-electron chi connectivity index (χ3n) is 4.13. The van der Waals surface area contributed by atoms with Crippen molar-refractivity contribution in [2.45, 2.75) is 13.5 Å². The van der Waals surface area contributed by atoms with E-state index in [4.69, 9.17) is 13.9 Å². The van der Waals surface area contributed by atoms with Crippen LogP contribution < -0.4 is 10.4 Å². The van der Waals surface area contributed by atoms with Gasteiger partial charge in [0.1, 0.15) is 23.7 Å². The van der Waals surface area contributed by atoms with Gasteiger partial charge in [-0.05, 0) is 31.2 Å². The Morgan fingerprint density at radius 3 is 2.78 bits per heavy atom. The summed E-state index contributed by atoms with van der Waals surface area (Å²) in [7, 11) is 1.55. The average molecular weight is 366 g/mol. The number of para-hydroxylation sites is 1. The van der Waals surface area contributed by atoms with Crippen molar-refractivity contribution in [2.24, 2.45) is 0 Å². The van der Waals surface area contributed by atoms with E-state index < -0.39 is 11.6 Å². The van der Waals surface area contributed by atoms with Crippen molar-refractivity contribution in [1.29, 1.82) is 0 Å². The lowest BCUT2D eigenvalue weighted by Gasteiger charge is -2.08. The molecule has 3 rings (SSSR count). The molecule has 0 radical (unpaired) electrons. The van der Waals surface area contributed by atoms with E-state index in [9.17, 15) is 14.7 Å². The Bertz CT molecular complexity index is 1080. The SMILES string of the molecule is COc1ccccc1/C=C/C(=O)OCc1cc(=O)oc2c(C)c(O)ccc12. The summed E-state index contributed by atoms with van der Waals surface area (Å²) in [4.78, 5) is 23.8. The fourth-order valence-electron chi connectivity index (χ4n) is 2.69. The third-order valence-corrected chi connectivity index (χ3v) is 4.13. The second-order valence-corrected chi connectivity index (χ2v) is 5.86. The molecule has 0 atom stereocenters. The van der Waals surface area contributed by atoms with Gasteiger partial charge in [-0.15, -0.1) is 0 Å². The van der Waals surface area contributed by atoms with Gasteiger partial charge < -0.3 is 19.0 Å². The molecule has 138 valence electrons. The third kappa shape index (κ3) is 4.00. The monoisotopic (exact) mass is 366 g/mol. The first-order valence-electron chi connectivity index (χ1n) is 8.22. The molecule has 0 spiro atoms. The summed E-state index contributed by atoms with van der Waals surface area (Å²) in [5, 5.41) is 10.4. The van der Waals surface area contributed by atoms with Gasteiger partial charge in [-0.3, -0.25) is 0 Å². The number of hydrogen-bond acceptors (Lipinski definition) is 6. The first kappa shape index (κ1) is 18.3. The number of hydrogen-bond donors (Lipinski definition) is 1. The van der Waals surface area contributed by atoms with Gasteiger partial charge in [-0.2, -0.15) is 0 Å². The number of fused-ring (bicyclic) bond motifs is 1. The van der Waals surface area contributed by atoms with Crippen molar-refractivity contribution < 1.29 is 23.8 Å². The normalized spacial score (nSPS) is 11.0. The van der Waals surface area contributed by atoms with Crippen molar-refractivity contribution in [2.75, 3.05) is 7.11 Å². The minimum absolute atomic E-state index is 0.0273. The fourth-order valence-corrected chi connectivity index (χ4v) is 2.69. The Morgan fingerprint density at radius 2 is 2.00 bits per heavy atom. The molecule has 1 N–H and O–H groups in total. The summed E-state index contributed by atoms with van der Waals surface area (Å²) >= 11 is 0. The van der Waals surface area contributed by atoms with Crippen molar-refractivity contribution >= 4 is 23.0 Å². The molecule has 0 aliphatic rings. The number of aryl methyl sites for hydroxylation is 1. The average Bonchev–Trinajstić information content (AvgIpc) is 2.67. The predicted molar refractivity (Wildman–Crippen MR) is 101 cm³/mol. The topological polar surface area (TPSA) is 86.0 Å². The molecule has 0 unspecified atom stereocenters. The molecule has 0 saturated carbocycles. The molecule has 2 aromatic carbocycles. The summed E-state index contributed by atoms with van der Waals surface area (Å²) in [6.45, 7) is 1.55. The Hall–Kier alpha value is -3.54. The lowest BCUT2D eigenvalue weighted by Crippen LogP contribution is -2.06. The lowest BCUT2D eigenvalue weighted by molar-refractivity contribution is -0.138. The highest BCUT2D eigenvalue weighted by Gasteiger charge is 2.12. The Balaban J connectivity index is 1.79. The molecular formula is C21H18O6. The molecule has 6 nitrogen and oxygen atoms in total. The van der Waals surface area contributed by atoms with Crippen molar-refractivity contribution in [3.05, 3.63) is 75.7 Å². The largest absolute Gasteiger partial charge is 0.508 e. The first-order chi connectivity index (χ1) is 13.0. The smallest absolute Gasteiger partial charge is 0.336 e. The molecule has 0 aliphatic heterocycles. The van der Waals surface area contributed by atoms with Gasteiger partial charge in [-0.25, -0.2) is 9.59 Å². The number of methoxy groups -OCH3 is 1. The highest BCUT2D eigenvalue weighted by molar-refractivity contribution is 5.88. The minimum Gasteiger partial charge on any atom is -0.508 e. The van der Waals surface area contributed by atoms with Gasteiger partial charge in [0.2, 0.25) is 0 Å². The van der Waals surface area contributed by atoms with Gasteiger partial charge in [0, 0.05) is 34.2 Å². The zero-order valence-corrected chi connectivity index (χ0v) is 14.9. The van der Waals surface area contributed by atoms with E-state index in [2.05, 4.69) is 0 Å². The Labute approximate surface area is 155 Å². The minimum atomic E-state index is -0.577. The van der Waals surface area contributed by atoms with Crippen molar-refractivity contribution in [3.63, 3.8) is 0 Å². The maximum absolute atomic E-state index is 12.0. The van der Waals surface area contributed by atoms with Crippen molar-refractivity contribution in [3.8, 4) is 11.5 Å². The maximum Gasteiger partial charge on any atom is 0.336 e. The van der Waals surface area contributed by atoms with Crippen LogP contribution in [0.5, 0.6) is 11.5 Å². The molecule has 0 bridgehead atoms. The van der Waals surface area contributed by atoms with E-state index in [1.54, 1.807) is 32.2 Å². The summed E-state index contributed by atoms with van der Waals surface area (Å²) in [5.41, 5.74) is 1.40. The van der Waals surface area contributed by atoms with Crippen molar-refractivity contribution in [1.82, 2.24) is 0 Å². The molecule has 6 heteroatoms. The number of esters is 1. The van der Waals surface area contributed by atoms with Crippen LogP contribution in [0.15, 0.2) is 57.8 Å². The molecule has 0 amide bonds. The van der Waals surface area contributed by atoms with E-state index in [0.29, 0.717) is 22.3 Å². The molecule has 3 aromatic rings. The van der Waals surface area contributed by atoms with Crippen LogP contribution in [0.1, 0.15) is 16.7 Å². The second kappa shape index (κ2) is 7.78. The molecule has 27 heavy (non-hydrogen) atoms. The van der Waals surface area contributed by atoms with Crippen LogP contribution in [0.4, 0.5) is 0 Å². The van der Waals surface area contributed by atoms with Crippen LogP contribution >= 0.6 is 0 Å². The van der Waals surface area contributed by atoms with Gasteiger partial charge in [0.05, 0.1) is 7.11 Å². The number of benzene rings is 2. The number of aromatic hydroxyl groups is 1. The summed E-state index contributed by atoms with van der Waals surface area (Å²) < 4.78 is 15.6. The Morgan fingerprint density at radius 1 is 1.22 bits per heavy atom. The Kier molecular flexibility index (Phi) is 5.26. The van der Waals surface area contributed by atoms with E-state index >= 15 is 0 Å². The molecule has 0 aliphatic carbocycles. The van der Waals surface area contributed by atoms with E-state index in [1.807, 2.05) is 18.2 Å². The molecular weight excluding hydrogens is 348 g/mol. The van der Waals surface area contributed by atoms with Gasteiger partial charge in [0.25, 0.3) is 0 Å². The zero-order chi connectivity index (χ0) is 19.4. The van der Waals surface area contributed by atoms with Crippen LogP contribution in [0.2, 0.25) is 0 Å². The quantitative estimate of drug-likeness (QED) is 0.422. The molecule has 0 saturated heterocycles. The summed E-state index contributed by atoms with van der Waals surface area (Å²) in [6, 6.07) is 11.7. The molecule has 1 heterocycles. The number of rotatable bonds is 5. The molecule has 0 fully saturated rings. The first-order valence-corrected chi connectivity index (χ1v) is 8.22. The van der Waals surface area contributed by atoms with Crippen LogP contribution in [0.25, 0.3) is 17.0 Å². The maximum atomic E-state index is 12.0. The summed E-state index contributed by atoms with van der Waals surface area (Å²) in [6.07, 6.45) is 2.89. The summed E-state index contributed by atoms with van der Waals surface area (Å²) in [5.74, 6) is 0.112. The number of phenols is 1. The van der Waals surface area contributed by atoms with Crippen LogP contribution in [-0.4, -0.2) is 18.2 Å². The lowest BCUT2D eigenvalue weighted by atomic mass is 10.1. The highest BCUT2D eigenvalue weighted by Crippen LogP contribution is 2.27. The number of ether oxygens (including phenoxy) is 2. The van der Waals surface area contributed by atoms with E-state index in [0.717, 1.165) is 5.56 Å². The standard InChI is InChI=1S/C21H18O6/c1-13-17(22)9-8-16-15(11-20(24)27-21(13)16)12-26-19(23)10-7-14-5-3-4-6-18(14)25-2/h3-11,22H,12H2,1-2H3/b10-7+. The molecule has 1 aromatic heterocycles. The number of carbonyl (C=O) groups is 1. The number of carbonyl (C=O) groups excluding carboxylic acids is 1. The van der Waals surface area contributed by atoms with Gasteiger partial charge >= 0.3 is 11.6 Å². The highest BCUT2D eigenvalue weighted by atomic mass is 16.5. The van der Waals surface area contributed by atoms with Gasteiger partial charge in [0.15, 0.2) is 0 Å². The zero-order valence-electron chi connectivity index (χ0n) is 14.9.